The highest BCUT2D eigenvalue weighted by molar-refractivity contribution is 6.31. The zero-order valence-electron chi connectivity index (χ0n) is 10.3. The number of fused-ring (bicyclic) bond motifs is 1. The first-order chi connectivity index (χ1) is 9.08. The molecule has 8 heteroatoms. The number of nitro benzene ring substituents is 1. The molecule has 1 aliphatic carbocycles. The van der Waals surface area contributed by atoms with E-state index in [4.69, 9.17) is 11.6 Å². The van der Waals surface area contributed by atoms with Gasteiger partial charge in [-0.05, 0) is 24.0 Å². The highest BCUT2D eigenvalue weighted by Crippen LogP contribution is 2.41. The molecule has 1 saturated heterocycles. The lowest BCUT2D eigenvalue weighted by molar-refractivity contribution is -0.385. The molecule has 2 N–H and O–H groups in total. The van der Waals surface area contributed by atoms with Crippen LogP contribution >= 0.6 is 24.0 Å². The van der Waals surface area contributed by atoms with Gasteiger partial charge in [-0.1, -0.05) is 11.6 Å². The molecule has 2 fully saturated rings. The highest BCUT2D eigenvalue weighted by Gasteiger charge is 2.53. The van der Waals surface area contributed by atoms with Crippen LogP contribution in [0.3, 0.4) is 0 Å². The van der Waals surface area contributed by atoms with Crippen molar-refractivity contribution in [2.45, 2.75) is 6.04 Å². The zero-order chi connectivity index (χ0) is 13.6. The zero-order valence-corrected chi connectivity index (χ0v) is 11.9. The molecular formula is C12H13Cl2N3O3. The fourth-order valence-electron chi connectivity index (χ4n) is 2.71. The van der Waals surface area contributed by atoms with Crippen LogP contribution in [0.1, 0.15) is 10.4 Å². The maximum Gasteiger partial charge on any atom is 0.282 e. The number of rotatable bonds is 3. The quantitative estimate of drug-likeness (QED) is 0.655. The molecule has 2 unspecified atom stereocenters. The van der Waals surface area contributed by atoms with Crippen molar-refractivity contribution in [3.05, 3.63) is 38.9 Å². The van der Waals surface area contributed by atoms with E-state index in [9.17, 15) is 14.9 Å². The summed E-state index contributed by atoms with van der Waals surface area (Å²) in [6.45, 7) is 1.79. The minimum Gasteiger partial charge on any atom is -0.348 e. The summed E-state index contributed by atoms with van der Waals surface area (Å²) in [5, 5.41) is 17.3. The molecule has 6 nitrogen and oxygen atoms in total. The Hall–Kier alpha value is -1.37. The average Bonchev–Trinajstić information content (AvgIpc) is 2.82. The Balaban J connectivity index is 0.00000147. The first-order valence-corrected chi connectivity index (χ1v) is 6.41. The van der Waals surface area contributed by atoms with E-state index in [0.717, 1.165) is 13.1 Å². The fourth-order valence-corrected chi connectivity index (χ4v) is 2.88. The van der Waals surface area contributed by atoms with Crippen molar-refractivity contribution in [2.75, 3.05) is 13.1 Å². The van der Waals surface area contributed by atoms with Crippen molar-refractivity contribution >= 4 is 35.6 Å². The molecule has 3 rings (SSSR count). The van der Waals surface area contributed by atoms with Crippen molar-refractivity contribution in [1.29, 1.82) is 0 Å². The van der Waals surface area contributed by atoms with Gasteiger partial charge >= 0.3 is 0 Å². The minimum atomic E-state index is -0.569. The number of carbonyl (C=O) groups is 1. The van der Waals surface area contributed by atoms with Crippen molar-refractivity contribution in [3.63, 3.8) is 0 Å². The summed E-state index contributed by atoms with van der Waals surface area (Å²) in [7, 11) is 0. The molecule has 1 saturated carbocycles. The van der Waals surface area contributed by atoms with Crippen LogP contribution in [-0.2, 0) is 0 Å². The number of amides is 1. The smallest absolute Gasteiger partial charge is 0.282 e. The van der Waals surface area contributed by atoms with Gasteiger partial charge < -0.3 is 10.6 Å². The topological polar surface area (TPSA) is 84.3 Å². The molecule has 0 bridgehead atoms. The van der Waals surface area contributed by atoms with Crippen molar-refractivity contribution < 1.29 is 9.72 Å². The fraction of sp³-hybridized carbons (Fsp3) is 0.417. The maximum atomic E-state index is 12.1. The Morgan fingerprint density at radius 1 is 1.40 bits per heavy atom. The SMILES string of the molecule is Cl.O=C(NC1C2CNCC21)c1cc(Cl)ccc1[N+](=O)[O-]. The van der Waals surface area contributed by atoms with E-state index < -0.39 is 10.8 Å². The molecule has 20 heavy (non-hydrogen) atoms. The lowest BCUT2D eigenvalue weighted by atomic mass is 10.1. The van der Waals surface area contributed by atoms with Crippen LogP contribution in [0.2, 0.25) is 5.02 Å². The summed E-state index contributed by atoms with van der Waals surface area (Å²) >= 11 is 5.80. The third-order valence-electron chi connectivity index (χ3n) is 3.79. The third-order valence-corrected chi connectivity index (χ3v) is 4.02. The van der Waals surface area contributed by atoms with Crippen LogP contribution in [-0.4, -0.2) is 30.0 Å². The van der Waals surface area contributed by atoms with E-state index in [2.05, 4.69) is 10.6 Å². The van der Waals surface area contributed by atoms with Gasteiger partial charge in [-0.3, -0.25) is 14.9 Å². The highest BCUT2D eigenvalue weighted by atomic mass is 35.5. The van der Waals surface area contributed by atoms with Crippen LogP contribution in [0.4, 0.5) is 5.69 Å². The molecule has 2 atom stereocenters. The van der Waals surface area contributed by atoms with Crippen molar-refractivity contribution in [1.82, 2.24) is 10.6 Å². The van der Waals surface area contributed by atoms with Gasteiger partial charge in [-0.2, -0.15) is 0 Å². The Bertz CT molecular complexity index is 557. The molecule has 108 valence electrons. The summed E-state index contributed by atoms with van der Waals surface area (Å²) in [5.74, 6) is 0.498. The van der Waals surface area contributed by atoms with Crippen molar-refractivity contribution in [3.8, 4) is 0 Å². The van der Waals surface area contributed by atoms with E-state index in [0.29, 0.717) is 16.9 Å². The second-order valence-corrected chi connectivity index (χ2v) is 5.34. The van der Waals surface area contributed by atoms with Crippen LogP contribution in [0.25, 0.3) is 0 Å². The standard InChI is InChI=1S/C12H12ClN3O3.ClH/c13-6-1-2-10(16(18)19)7(3-6)12(17)15-11-8-4-14-5-9(8)11;/h1-3,8-9,11,14H,4-5H2,(H,15,17);1H. The molecule has 1 aromatic carbocycles. The van der Waals surface area contributed by atoms with Gasteiger partial charge in [-0.15, -0.1) is 12.4 Å². The number of hydrogen-bond acceptors (Lipinski definition) is 4. The Kier molecular flexibility index (Phi) is 4.17. The normalized spacial score (nSPS) is 26.4. The van der Waals surface area contributed by atoms with E-state index in [-0.39, 0.29) is 29.7 Å². The number of benzene rings is 1. The summed E-state index contributed by atoms with van der Waals surface area (Å²) in [6, 6.07) is 4.14. The first kappa shape index (κ1) is 15.0. The summed E-state index contributed by atoms with van der Waals surface area (Å²) in [4.78, 5) is 22.4. The van der Waals surface area contributed by atoms with Gasteiger partial charge in [0.05, 0.1) is 4.92 Å². The van der Waals surface area contributed by atoms with Gasteiger partial charge in [0.2, 0.25) is 0 Å². The van der Waals surface area contributed by atoms with Gasteiger partial charge in [0, 0.05) is 30.2 Å². The van der Waals surface area contributed by atoms with Crippen molar-refractivity contribution in [2.24, 2.45) is 11.8 Å². The summed E-state index contributed by atoms with van der Waals surface area (Å²) < 4.78 is 0. The maximum absolute atomic E-state index is 12.1. The molecular weight excluding hydrogens is 305 g/mol. The molecule has 1 amide bonds. The predicted octanol–water partition coefficient (Wildman–Crippen LogP) is 1.62. The average molecular weight is 318 g/mol. The van der Waals surface area contributed by atoms with Gasteiger partial charge in [-0.25, -0.2) is 0 Å². The summed E-state index contributed by atoms with van der Waals surface area (Å²) in [6.07, 6.45) is 0. The monoisotopic (exact) mass is 317 g/mol. The molecule has 1 aromatic rings. The molecule has 0 aromatic heterocycles. The van der Waals surface area contributed by atoms with Crippen LogP contribution < -0.4 is 10.6 Å². The Morgan fingerprint density at radius 2 is 2.05 bits per heavy atom. The van der Waals surface area contributed by atoms with E-state index in [1.807, 2.05) is 0 Å². The predicted molar refractivity (Wildman–Crippen MR) is 76.5 cm³/mol. The molecule has 2 aliphatic rings. The number of nitrogens with zero attached hydrogens (tertiary/aromatic N) is 1. The van der Waals surface area contributed by atoms with Crippen LogP contribution in [0.15, 0.2) is 18.2 Å². The number of hydrogen-bond donors (Lipinski definition) is 2. The Morgan fingerprint density at radius 3 is 2.65 bits per heavy atom. The molecule has 1 heterocycles. The van der Waals surface area contributed by atoms with Gasteiger partial charge in [0.15, 0.2) is 0 Å². The van der Waals surface area contributed by atoms with Gasteiger partial charge in [0.25, 0.3) is 11.6 Å². The number of carbonyl (C=O) groups excluding carboxylic acids is 1. The molecule has 0 radical (unpaired) electrons. The van der Waals surface area contributed by atoms with Gasteiger partial charge in [0.1, 0.15) is 5.56 Å². The summed E-state index contributed by atoms with van der Waals surface area (Å²) in [5.41, 5.74) is -0.193. The lowest BCUT2D eigenvalue weighted by Gasteiger charge is -2.08. The third kappa shape index (κ3) is 2.59. The number of piperidine rings is 1. The number of halogens is 2. The van der Waals surface area contributed by atoms with E-state index in [1.165, 1.54) is 18.2 Å². The second-order valence-electron chi connectivity index (χ2n) is 4.90. The first-order valence-electron chi connectivity index (χ1n) is 6.03. The van der Waals surface area contributed by atoms with E-state index in [1.54, 1.807) is 0 Å². The minimum absolute atomic E-state index is 0. The molecule has 0 spiro atoms. The Labute approximate surface area is 126 Å². The van der Waals surface area contributed by atoms with E-state index >= 15 is 0 Å². The van der Waals surface area contributed by atoms with Crippen LogP contribution in [0.5, 0.6) is 0 Å². The molecule has 1 aliphatic heterocycles. The second kappa shape index (κ2) is 5.55. The lowest BCUT2D eigenvalue weighted by Crippen LogP contribution is -2.32. The number of nitrogens with one attached hydrogen (secondary N) is 2. The number of nitro groups is 1. The largest absolute Gasteiger partial charge is 0.348 e. The van der Waals surface area contributed by atoms with Crippen LogP contribution in [0, 0.1) is 22.0 Å².